The molecule has 2 aromatic heterocycles. The van der Waals surface area contributed by atoms with Gasteiger partial charge in [-0.05, 0) is 36.8 Å². The first-order chi connectivity index (χ1) is 7.78. The Balaban J connectivity index is 2.06. The van der Waals surface area contributed by atoms with Gasteiger partial charge in [-0.25, -0.2) is 4.98 Å². The summed E-state index contributed by atoms with van der Waals surface area (Å²) in [6, 6.07) is 7.90. The number of rotatable bonds is 4. The van der Waals surface area contributed by atoms with Crippen molar-refractivity contribution in [3.63, 3.8) is 0 Å². The molecule has 0 aromatic carbocycles. The van der Waals surface area contributed by atoms with Crippen molar-refractivity contribution < 1.29 is 4.42 Å². The van der Waals surface area contributed by atoms with Gasteiger partial charge in [0.25, 0.3) is 0 Å². The molecule has 0 bridgehead atoms. The largest absolute Gasteiger partial charge is 0.468 e. The van der Waals surface area contributed by atoms with Gasteiger partial charge in [-0.15, -0.1) is 0 Å². The number of hydrogen-bond donors (Lipinski definition) is 1. The van der Waals surface area contributed by atoms with Crippen LogP contribution in [0.15, 0.2) is 40.0 Å². The normalized spacial score (nSPS) is 10.6. The number of nitrogens with two attached hydrogens (primary N) is 1. The monoisotopic (exact) mass is 234 g/mol. The van der Waals surface area contributed by atoms with Gasteiger partial charge in [-0.1, -0.05) is 11.8 Å². The van der Waals surface area contributed by atoms with E-state index in [1.54, 1.807) is 18.0 Å². The minimum atomic E-state index is 0.553. The van der Waals surface area contributed by atoms with Crippen molar-refractivity contribution in [2.24, 2.45) is 5.73 Å². The fourth-order valence-electron chi connectivity index (χ4n) is 1.44. The highest BCUT2D eigenvalue weighted by molar-refractivity contribution is 7.98. The van der Waals surface area contributed by atoms with E-state index in [0.717, 1.165) is 27.8 Å². The van der Waals surface area contributed by atoms with E-state index < -0.39 is 0 Å². The van der Waals surface area contributed by atoms with Crippen molar-refractivity contribution in [3.05, 3.63) is 47.5 Å². The number of aromatic nitrogens is 1. The van der Waals surface area contributed by atoms with Gasteiger partial charge < -0.3 is 10.2 Å². The Labute approximate surface area is 99.1 Å². The fraction of sp³-hybridized carbons (Fsp3) is 0.250. The zero-order chi connectivity index (χ0) is 11.4. The van der Waals surface area contributed by atoms with Crippen LogP contribution in [0.4, 0.5) is 0 Å². The van der Waals surface area contributed by atoms with E-state index in [0.29, 0.717) is 6.54 Å². The Bertz CT molecular complexity index is 454. The lowest BCUT2D eigenvalue weighted by atomic mass is 10.2. The first-order valence-electron chi connectivity index (χ1n) is 5.11. The van der Waals surface area contributed by atoms with Crippen molar-refractivity contribution in [1.29, 1.82) is 0 Å². The molecule has 16 heavy (non-hydrogen) atoms. The molecule has 0 aliphatic rings. The summed E-state index contributed by atoms with van der Waals surface area (Å²) in [5, 5.41) is 0.997. The van der Waals surface area contributed by atoms with Crippen molar-refractivity contribution in [2.75, 3.05) is 0 Å². The lowest BCUT2D eigenvalue weighted by Gasteiger charge is -2.04. The Morgan fingerprint density at radius 2 is 2.31 bits per heavy atom. The average Bonchev–Trinajstić information content (AvgIpc) is 2.78. The summed E-state index contributed by atoms with van der Waals surface area (Å²) >= 11 is 1.66. The molecule has 0 atom stereocenters. The number of nitrogens with zero attached hydrogens (tertiary/aromatic N) is 1. The fourth-order valence-corrected chi connectivity index (χ4v) is 2.34. The van der Waals surface area contributed by atoms with E-state index in [2.05, 4.69) is 4.98 Å². The zero-order valence-corrected chi connectivity index (χ0v) is 9.96. The highest BCUT2D eigenvalue weighted by atomic mass is 32.2. The van der Waals surface area contributed by atoms with Gasteiger partial charge in [-0.2, -0.15) is 0 Å². The van der Waals surface area contributed by atoms with Gasteiger partial charge in [0.2, 0.25) is 0 Å². The van der Waals surface area contributed by atoms with Crippen LogP contribution < -0.4 is 5.73 Å². The molecule has 84 valence electrons. The summed E-state index contributed by atoms with van der Waals surface area (Å²) in [4.78, 5) is 4.45. The first kappa shape index (κ1) is 11.2. The number of aryl methyl sites for hydroxylation is 1. The van der Waals surface area contributed by atoms with Crippen LogP contribution in [-0.4, -0.2) is 4.98 Å². The van der Waals surface area contributed by atoms with Gasteiger partial charge in [0, 0.05) is 12.2 Å². The van der Waals surface area contributed by atoms with E-state index in [1.807, 2.05) is 31.2 Å². The highest BCUT2D eigenvalue weighted by Gasteiger charge is 2.02. The molecule has 2 heterocycles. The highest BCUT2D eigenvalue weighted by Crippen LogP contribution is 2.22. The predicted octanol–water partition coefficient (Wildman–Crippen LogP) is 2.73. The molecule has 0 saturated heterocycles. The molecule has 3 nitrogen and oxygen atoms in total. The Kier molecular flexibility index (Phi) is 3.64. The first-order valence-corrected chi connectivity index (χ1v) is 6.09. The van der Waals surface area contributed by atoms with Crippen molar-refractivity contribution in [3.8, 4) is 0 Å². The predicted molar refractivity (Wildman–Crippen MR) is 65.1 cm³/mol. The second-order valence-corrected chi connectivity index (χ2v) is 4.52. The lowest BCUT2D eigenvalue weighted by molar-refractivity contribution is 0.530. The number of hydrogen-bond acceptors (Lipinski definition) is 4. The molecule has 4 heteroatoms. The third kappa shape index (κ3) is 2.87. The minimum Gasteiger partial charge on any atom is -0.468 e. The summed E-state index contributed by atoms with van der Waals surface area (Å²) in [5.41, 5.74) is 7.75. The van der Waals surface area contributed by atoms with Crippen LogP contribution in [0.1, 0.15) is 17.0 Å². The Hall–Kier alpha value is -1.26. The van der Waals surface area contributed by atoms with Crippen molar-refractivity contribution in [1.82, 2.24) is 4.98 Å². The zero-order valence-electron chi connectivity index (χ0n) is 9.14. The van der Waals surface area contributed by atoms with E-state index in [9.17, 15) is 0 Å². The quantitative estimate of drug-likeness (QED) is 0.826. The van der Waals surface area contributed by atoms with Gasteiger partial charge >= 0.3 is 0 Å². The van der Waals surface area contributed by atoms with Gasteiger partial charge in [0.05, 0.1) is 17.0 Å². The Morgan fingerprint density at radius 3 is 3.00 bits per heavy atom. The molecule has 0 aliphatic heterocycles. The molecule has 0 aliphatic carbocycles. The third-order valence-electron chi connectivity index (χ3n) is 2.17. The van der Waals surface area contributed by atoms with Gasteiger partial charge in [0.15, 0.2) is 0 Å². The van der Waals surface area contributed by atoms with E-state index in [1.165, 1.54) is 0 Å². The number of pyridine rings is 1. The van der Waals surface area contributed by atoms with Crippen molar-refractivity contribution >= 4 is 11.8 Å². The maximum atomic E-state index is 5.62. The summed E-state index contributed by atoms with van der Waals surface area (Å²) in [7, 11) is 0. The van der Waals surface area contributed by atoms with E-state index in [-0.39, 0.29) is 0 Å². The number of thioether (sulfide) groups is 1. The molecular formula is C12H14N2OS. The summed E-state index contributed by atoms with van der Waals surface area (Å²) in [6.07, 6.45) is 1.69. The second-order valence-electron chi connectivity index (χ2n) is 3.53. The van der Waals surface area contributed by atoms with Crippen LogP contribution in [0.25, 0.3) is 0 Å². The molecule has 0 amide bonds. The smallest absolute Gasteiger partial charge is 0.114 e. The SMILES string of the molecule is Cc1cc(CN)cc(SCc2ccco2)n1. The maximum Gasteiger partial charge on any atom is 0.114 e. The summed E-state index contributed by atoms with van der Waals surface area (Å²) in [6.45, 7) is 2.54. The van der Waals surface area contributed by atoms with E-state index in [4.69, 9.17) is 10.2 Å². The molecule has 0 unspecified atom stereocenters. The van der Waals surface area contributed by atoms with Gasteiger partial charge in [0.1, 0.15) is 5.76 Å². The summed E-state index contributed by atoms with van der Waals surface area (Å²) in [5.74, 6) is 1.76. The molecule has 2 rings (SSSR count). The van der Waals surface area contributed by atoms with Crippen molar-refractivity contribution in [2.45, 2.75) is 24.2 Å². The van der Waals surface area contributed by atoms with Crippen LogP contribution >= 0.6 is 11.8 Å². The molecule has 2 aromatic rings. The van der Waals surface area contributed by atoms with Crippen LogP contribution in [0.2, 0.25) is 0 Å². The third-order valence-corrected chi connectivity index (χ3v) is 3.10. The lowest BCUT2D eigenvalue weighted by Crippen LogP contribution is -1.98. The summed E-state index contributed by atoms with van der Waals surface area (Å²) < 4.78 is 5.27. The molecule has 2 N–H and O–H groups in total. The minimum absolute atomic E-state index is 0.553. The average molecular weight is 234 g/mol. The van der Waals surface area contributed by atoms with Crippen LogP contribution in [0.5, 0.6) is 0 Å². The molecule has 0 radical (unpaired) electrons. The van der Waals surface area contributed by atoms with Crippen LogP contribution in [0, 0.1) is 6.92 Å². The Morgan fingerprint density at radius 1 is 1.44 bits per heavy atom. The second kappa shape index (κ2) is 5.18. The molecule has 0 saturated carbocycles. The van der Waals surface area contributed by atoms with Crippen LogP contribution in [0.3, 0.4) is 0 Å². The number of furan rings is 1. The molecule has 0 fully saturated rings. The standard InChI is InChI=1S/C12H14N2OS/c1-9-5-10(7-13)6-12(14-9)16-8-11-3-2-4-15-11/h2-6H,7-8,13H2,1H3. The topological polar surface area (TPSA) is 52.0 Å². The van der Waals surface area contributed by atoms with Crippen LogP contribution in [-0.2, 0) is 12.3 Å². The maximum absolute atomic E-state index is 5.62. The molecular weight excluding hydrogens is 220 g/mol. The van der Waals surface area contributed by atoms with E-state index >= 15 is 0 Å². The van der Waals surface area contributed by atoms with Gasteiger partial charge in [-0.3, -0.25) is 0 Å². The molecule has 0 spiro atoms.